The normalized spacial score (nSPS) is 13.0. The summed E-state index contributed by atoms with van der Waals surface area (Å²) in [5, 5.41) is -0.0216. The predicted octanol–water partition coefficient (Wildman–Crippen LogP) is 3.79. The van der Waals surface area contributed by atoms with Crippen molar-refractivity contribution in [3.63, 3.8) is 0 Å². The maximum absolute atomic E-state index is 12.6. The number of hydrogen-bond donors (Lipinski definition) is 0. The molecular formula is C8H3ClF5. The standard InChI is InChI=1S/C8H3ClF5/c9-6-3-1-5(2-4-6)7(10,11)8(12,13)14/h1-3H. The molecule has 0 saturated heterocycles. The first-order valence-electron chi connectivity index (χ1n) is 3.37. The van der Waals surface area contributed by atoms with Gasteiger partial charge >= 0.3 is 12.1 Å². The molecule has 0 aromatic heterocycles. The molecular weight excluding hydrogens is 227 g/mol. The SMILES string of the molecule is FC(F)(F)C(F)(F)c1c[c]c(Cl)cc1. The van der Waals surface area contributed by atoms with Crippen LogP contribution >= 0.6 is 11.6 Å². The van der Waals surface area contributed by atoms with Crippen molar-refractivity contribution in [1.29, 1.82) is 0 Å². The van der Waals surface area contributed by atoms with E-state index in [0.717, 1.165) is 6.07 Å². The lowest BCUT2D eigenvalue weighted by Gasteiger charge is -2.19. The first-order chi connectivity index (χ1) is 6.25. The Balaban J connectivity index is 3.10. The minimum atomic E-state index is -5.60. The van der Waals surface area contributed by atoms with Crippen LogP contribution in [0.2, 0.25) is 5.02 Å². The molecule has 1 aromatic rings. The number of benzene rings is 1. The summed E-state index contributed by atoms with van der Waals surface area (Å²) in [7, 11) is 0. The molecule has 0 amide bonds. The van der Waals surface area contributed by atoms with Gasteiger partial charge in [-0.25, -0.2) is 0 Å². The second-order valence-corrected chi connectivity index (χ2v) is 2.90. The molecule has 14 heavy (non-hydrogen) atoms. The van der Waals surface area contributed by atoms with Crippen molar-refractivity contribution in [2.24, 2.45) is 0 Å². The van der Waals surface area contributed by atoms with Gasteiger partial charge in [0.15, 0.2) is 0 Å². The molecule has 0 heterocycles. The third-order valence-electron chi connectivity index (χ3n) is 1.49. The lowest BCUT2D eigenvalue weighted by molar-refractivity contribution is -0.289. The van der Waals surface area contributed by atoms with Crippen molar-refractivity contribution in [1.82, 2.24) is 0 Å². The van der Waals surface area contributed by atoms with Gasteiger partial charge in [-0.3, -0.25) is 0 Å². The third-order valence-corrected chi connectivity index (χ3v) is 1.73. The van der Waals surface area contributed by atoms with Crippen LogP contribution in [-0.4, -0.2) is 6.18 Å². The average Bonchev–Trinajstić information content (AvgIpc) is 2.03. The zero-order valence-electron chi connectivity index (χ0n) is 6.50. The van der Waals surface area contributed by atoms with Crippen molar-refractivity contribution < 1.29 is 22.0 Å². The summed E-state index contributed by atoms with van der Waals surface area (Å²) in [5.74, 6) is -4.87. The lowest BCUT2D eigenvalue weighted by atomic mass is 10.1. The highest BCUT2D eigenvalue weighted by atomic mass is 35.5. The molecule has 77 valence electrons. The molecule has 0 saturated carbocycles. The van der Waals surface area contributed by atoms with E-state index in [1.807, 2.05) is 0 Å². The van der Waals surface area contributed by atoms with Gasteiger partial charge in [0.05, 0.1) is 0 Å². The highest BCUT2D eigenvalue weighted by Crippen LogP contribution is 2.43. The van der Waals surface area contributed by atoms with E-state index in [1.54, 1.807) is 0 Å². The smallest absolute Gasteiger partial charge is 0.191 e. The van der Waals surface area contributed by atoms with E-state index in [4.69, 9.17) is 11.6 Å². The largest absolute Gasteiger partial charge is 0.458 e. The Morgan fingerprint density at radius 2 is 1.64 bits per heavy atom. The van der Waals surface area contributed by atoms with Crippen LogP contribution in [0.5, 0.6) is 0 Å². The quantitative estimate of drug-likeness (QED) is 0.643. The van der Waals surface area contributed by atoms with Crippen LogP contribution in [0.25, 0.3) is 0 Å². The van der Waals surface area contributed by atoms with Gasteiger partial charge in [-0.2, -0.15) is 22.0 Å². The highest BCUT2D eigenvalue weighted by Gasteiger charge is 2.58. The summed E-state index contributed by atoms with van der Waals surface area (Å²) in [6.45, 7) is 0. The summed E-state index contributed by atoms with van der Waals surface area (Å²) in [5.41, 5.74) is -1.17. The number of hydrogen-bond acceptors (Lipinski definition) is 0. The topological polar surface area (TPSA) is 0 Å². The molecule has 1 rings (SSSR count). The van der Waals surface area contributed by atoms with Crippen LogP contribution in [0.15, 0.2) is 18.2 Å². The number of alkyl halides is 5. The Morgan fingerprint density at radius 1 is 1.07 bits per heavy atom. The first-order valence-corrected chi connectivity index (χ1v) is 3.75. The predicted molar refractivity (Wildman–Crippen MR) is 40.2 cm³/mol. The average molecular weight is 230 g/mol. The number of rotatable bonds is 1. The molecule has 1 radical (unpaired) electrons. The Hall–Kier alpha value is -0.840. The molecule has 0 aliphatic carbocycles. The molecule has 0 spiro atoms. The molecule has 0 N–H and O–H groups in total. The van der Waals surface area contributed by atoms with Crippen molar-refractivity contribution >= 4 is 11.6 Å². The highest BCUT2D eigenvalue weighted by molar-refractivity contribution is 6.30. The minimum absolute atomic E-state index is 0.0216. The van der Waals surface area contributed by atoms with Crippen LogP contribution in [0.3, 0.4) is 0 Å². The maximum atomic E-state index is 12.6. The Bertz CT molecular complexity index is 313. The van der Waals surface area contributed by atoms with E-state index in [-0.39, 0.29) is 5.02 Å². The first kappa shape index (κ1) is 11.2. The maximum Gasteiger partial charge on any atom is 0.458 e. The van der Waals surface area contributed by atoms with E-state index < -0.39 is 17.7 Å². The Morgan fingerprint density at radius 3 is 2.00 bits per heavy atom. The summed E-state index contributed by atoms with van der Waals surface area (Å²) < 4.78 is 60.7. The van der Waals surface area contributed by atoms with Crippen LogP contribution in [0, 0.1) is 6.07 Å². The van der Waals surface area contributed by atoms with Crippen molar-refractivity contribution in [2.75, 3.05) is 0 Å². The molecule has 0 aliphatic heterocycles. The third kappa shape index (κ3) is 1.97. The summed E-state index contributed by atoms with van der Waals surface area (Å²) in [6.07, 6.45) is -5.60. The summed E-state index contributed by atoms with van der Waals surface area (Å²) >= 11 is 5.29. The van der Waals surface area contributed by atoms with Gasteiger partial charge in [-0.15, -0.1) is 0 Å². The molecule has 0 aliphatic rings. The van der Waals surface area contributed by atoms with Crippen LogP contribution in [0.1, 0.15) is 5.56 Å². The molecule has 0 unspecified atom stereocenters. The lowest BCUT2D eigenvalue weighted by Crippen LogP contribution is -2.33. The zero-order valence-corrected chi connectivity index (χ0v) is 7.26. The van der Waals surface area contributed by atoms with E-state index in [2.05, 4.69) is 6.07 Å². The van der Waals surface area contributed by atoms with E-state index >= 15 is 0 Å². The molecule has 0 bridgehead atoms. The van der Waals surface area contributed by atoms with Gasteiger partial charge in [0.25, 0.3) is 0 Å². The molecule has 6 heteroatoms. The second kappa shape index (κ2) is 3.38. The Kier molecular flexibility index (Phi) is 2.71. The molecule has 1 aromatic carbocycles. The Labute approximate surface area is 81.3 Å². The summed E-state index contributed by atoms with van der Waals surface area (Å²) in [4.78, 5) is 0. The van der Waals surface area contributed by atoms with E-state index in [0.29, 0.717) is 12.1 Å². The van der Waals surface area contributed by atoms with Gasteiger partial charge in [-0.05, 0) is 12.1 Å². The van der Waals surface area contributed by atoms with Crippen molar-refractivity contribution in [3.8, 4) is 0 Å². The van der Waals surface area contributed by atoms with E-state index in [9.17, 15) is 22.0 Å². The fraction of sp³-hybridized carbons (Fsp3) is 0.250. The fourth-order valence-electron chi connectivity index (χ4n) is 0.765. The van der Waals surface area contributed by atoms with Gasteiger partial charge in [0.1, 0.15) is 0 Å². The zero-order chi connectivity index (χ0) is 11.0. The molecule has 0 atom stereocenters. The van der Waals surface area contributed by atoms with Crippen LogP contribution in [0.4, 0.5) is 22.0 Å². The van der Waals surface area contributed by atoms with Crippen LogP contribution in [-0.2, 0) is 5.92 Å². The molecule has 0 nitrogen and oxygen atoms in total. The minimum Gasteiger partial charge on any atom is -0.191 e. The fourth-order valence-corrected chi connectivity index (χ4v) is 0.882. The van der Waals surface area contributed by atoms with Gasteiger partial charge in [-0.1, -0.05) is 17.7 Å². The monoisotopic (exact) mass is 229 g/mol. The van der Waals surface area contributed by atoms with Gasteiger partial charge < -0.3 is 0 Å². The van der Waals surface area contributed by atoms with Crippen molar-refractivity contribution in [2.45, 2.75) is 12.1 Å². The van der Waals surface area contributed by atoms with Crippen LogP contribution < -0.4 is 0 Å². The van der Waals surface area contributed by atoms with E-state index in [1.165, 1.54) is 0 Å². The summed E-state index contributed by atoms with van der Waals surface area (Å²) in [6, 6.07) is 4.13. The van der Waals surface area contributed by atoms with Gasteiger partial charge in [0.2, 0.25) is 0 Å². The second-order valence-electron chi connectivity index (χ2n) is 2.50. The van der Waals surface area contributed by atoms with Gasteiger partial charge in [0, 0.05) is 16.7 Å². The van der Waals surface area contributed by atoms with Crippen molar-refractivity contribution in [3.05, 3.63) is 34.9 Å². The molecule has 0 fully saturated rings. The number of halogens is 6.